The van der Waals surface area contributed by atoms with Gasteiger partial charge in [-0.1, -0.05) is 58.0 Å². The number of aromatic nitrogens is 3. The second-order valence-electron chi connectivity index (χ2n) is 6.25. The van der Waals surface area contributed by atoms with Crippen LogP contribution in [0.4, 0.5) is 0 Å². The molecule has 0 unspecified atom stereocenters. The van der Waals surface area contributed by atoms with Crippen molar-refractivity contribution in [2.45, 2.75) is 39.5 Å². The molecule has 2 heterocycles. The Kier molecular flexibility index (Phi) is 3.61. The first kappa shape index (κ1) is 14.6. The Labute approximate surface area is 129 Å². The maximum atomic E-state index is 12.8. The van der Waals surface area contributed by atoms with E-state index in [-0.39, 0.29) is 17.4 Å². The maximum absolute atomic E-state index is 12.8. The molecular formula is C18H21N3O. The summed E-state index contributed by atoms with van der Waals surface area (Å²) in [5.41, 5.74) is 3.68. The van der Waals surface area contributed by atoms with E-state index in [1.165, 1.54) is 0 Å². The fourth-order valence-corrected chi connectivity index (χ4v) is 2.80. The molecule has 22 heavy (non-hydrogen) atoms. The molecule has 0 spiro atoms. The summed E-state index contributed by atoms with van der Waals surface area (Å²) in [5, 5.41) is 0. The Hall–Kier alpha value is -2.36. The van der Waals surface area contributed by atoms with Gasteiger partial charge in [0.05, 0.1) is 11.4 Å². The van der Waals surface area contributed by atoms with Crippen LogP contribution in [0, 0.1) is 0 Å². The van der Waals surface area contributed by atoms with Crippen molar-refractivity contribution < 1.29 is 0 Å². The summed E-state index contributed by atoms with van der Waals surface area (Å²) in [7, 11) is 0. The third-order valence-corrected chi connectivity index (χ3v) is 3.89. The van der Waals surface area contributed by atoms with Gasteiger partial charge in [0.25, 0.3) is 5.56 Å². The van der Waals surface area contributed by atoms with Gasteiger partial charge in [-0.25, -0.2) is 4.98 Å². The highest BCUT2D eigenvalue weighted by Gasteiger charge is 2.19. The van der Waals surface area contributed by atoms with Crippen LogP contribution in [0.15, 0.2) is 41.3 Å². The van der Waals surface area contributed by atoms with Crippen LogP contribution >= 0.6 is 0 Å². The van der Waals surface area contributed by atoms with Crippen molar-refractivity contribution in [3.05, 3.63) is 58.1 Å². The zero-order valence-electron chi connectivity index (χ0n) is 13.4. The van der Waals surface area contributed by atoms with E-state index >= 15 is 0 Å². The van der Waals surface area contributed by atoms with E-state index in [0.717, 1.165) is 22.5 Å². The smallest absolute Gasteiger partial charge is 0.262 e. The number of hydrogen-bond donors (Lipinski definition) is 1. The van der Waals surface area contributed by atoms with E-state index in [9.17, 15) is 4.79 Å². The standard InChI is InChI=1S/C18H21N3O/c1-11(2)15-16(12(3)4)20-18-19-14(10-21(18)17(15)22)13-8-6-5-7-9-13/h5-12H,1-4H3,(H,19,20). The zero-order valence-corrected chi connectivity index (χ0v) is 13.4. The second kappa shape index (κ2) is 5.44. The minimum atomic E-state index is 0.0298. The van der Waals surface area contributed by atoms with Gasteiger partial charge in [-0.15, -0.1) is 0 Å². The summed E-state index contributed by atoms with van der Waals surface area (Å²) < 4.78 is 1.63. The fraction of sp³-hybridized carbons (Fsp3) is 0.333. The molecule has 0 saturated carbocycles. The second-order valence-corrected chi connectivity index (χ2v) is 6.25. The van der Waals surface area contributed by atoms with Gasteiger partial charge < -0.3 is 4.98 Å². The maximum Gasteiger partial charge on any atom is 0.262 e. The van der Waals surface area contributed by atoms with Gasteiger partial charge in [-0.3, -0.25) is 9.20 Å². The molecule has 0 saturated heterocycles. The molecule has 0 bridgehead atoms. The summed E-state index contributed by atoms with van der Waals surface area (Å²) in [6.07, 6.45) is 1.84. The number of nitrogens with zero attached hydrogens (tertiary/aromatic N) is 2. The number of H-pyrrole nitrogens is 1. The van der Waals surface area contributed by atoms with E-state index in [0.29, 0.717) is 5.78 Å². The SMILES string of the molecule is CC(C)c1nc2[nH]c(-c3ccccc3)cn2c(=O)c1C(C)C. The topological polar surface area (TPSA) is 50.2 Å². The Morgan fingerprint density at radius 1 is 1.05 bits per heavy atom. The molecule has 0 amide bonds. The van der Waals surface area contributed by atoms with Gasteiger partial charge in [0.1, 0.15) is 0 Å². The van der Waals surface area contributed by atoms with Crippen LogP contribution < -0.4 is 5.56 Å². The highest BCUT2D eigenvalue weighted by Crippen LogP contribution is 2.23. The average molecular weight is 295 g/mol. The van der Waals surface area contributed by atoms with Crippen LogP contribution in [-0.2, 0) is 0 Å². The quantitative estimate of drug-likeness (QED) is 0.795. The summed E-state index contributed by atoms with van der Waals surface area (Å²) in [6.45, 7) is 8.24. The van der Waals surface area contributed by atoms with E-state index < -0.39 is 0 Å². The Morgan fingerprint density at radius 2 is 1.73 bits per heavy atom. The minimum Gasteiger partial charge on any atom is -0.323 e. The molecule has 0 aliphatic carbocycles. The van der Waals surface area contributed by atoms with E-state index in [1.807, 2.05) is 50.4 Å². The van der Waals surface area contributed by atoms with Crippen molar-refractivity contribution >= 4 is 5.78 Å². The molecule has 0 aliphatic heterocycles. The summed E-state index contributed by atoms with van der Waals surface area (Å²) in [5.74, 6) is 0.986. The molecule has 3 aromatic rings. The first-order valence-electron chi connectivity index (χ1n) is 7.69. The van der Waals surface area contributed by atoms with Crippen molar-refractivity contribution in [3.8, 4) is 11.3 Å². The number of rotatable bonds is 3. The highest BCUT2D eigenvalue weighted by molar-refractivity contribution is 5.61. The molecule has 3 rings (SSSR count). The van der Waals surface area contributed by atoms with Gasteiger partial charge in [-0.05, 0) is 17.4 Å². The normalized spacial score (nSPS) is 11.7. The van der Waals surface area contributed by atoms with Gasteiger partial charge in [0.2, 0.25) is 5.78 Å². The van der Waals surface area contributed by atoms with Crippen LogP contribution in [0.3, 0.4) is 0 Å². The van der Waals surface area contributed by atoms with Crippen molar-refractivity contribution in [2.24, 2.45) is 0 Å². The van der Waals surface area contributed by atoms with E-state index in [2.05, 4.69) is 18.8 Å². The molecule has 0 fully saturated rings. The lowest BCUT2D eigenvalue weighted by molar-refractivity contribution is 0.735. The van der Waals surface area contributed by atoms with Crippen molar-refractivity contribution in [1.29, 1.82) is 0 Å². The molecule has 0 radical (unpaired) electrons. The first-order chi connectivity index (χ1) is 10.5. The van der Waals surface area contributed by atoms with Crippen molar-refractivity contribution in [3.63, 3.8) is 0 Å². The Bertz CT molecular complexity index is 857. The Morgan fingerprint density at radius 3 is 2.32 bits per heavy atom. The zero-order chi connectivity index (χ0) is 15.9. The molecule has 2 aromatic heterocycles. The molecular weight excluding hydrogens is 274 g/mol. The van der Waals surface area contributed by atoms with Crippen LogP contribution in [0.2, 0.25) is 0 Å². The minimum absolute atomic E-state index is 0.0298. The third kappa shape index (κ3) is 2.34. The van der Waals surface area contributed by atoms with E-state index in [1.54, 1.807) is 4.40 Å². The monoisotopic (exact) mass is 295 g/mol. The lowest BCUT2D eigenvalue weighted by atomic mass is 9.97. The van der Waals surface area contributed by atoms with Crippen molar-refractivity contribution in [1.82, 2.24) is 14.4 Å². The molecule has 1 N–H and O–H groups in total. The Balaban J connectivity index is 2.29. The van der Waals surface area contributed by atoms with Crippen LogP contribution in [0.25, 0.3) is 17.0 Å². The number of fused-ring (bicyclic) bond motifs is 1. The first-order valence-corrected chi connectivity index (χ1v) is 7.69. The van der Waals surface area contributed by atoms with Gasteiger partial charge in [0, 0.05) is 11.8 Å². The summed E-state index contributed by atoms with van der Waals surface area (Å²) in [6, 6.07) is 9.97. The van der Waals surface area contributed by atoms with Crippen molar-refractivity contribution in [2.75, 3.05) is 0 Å². The lowest BCUT2D eigenvalue weighted by Crippen LogP contribution is -2.23. The summed E-state index contributed by atoms with van der Waals surface area (Å²) in [4.78, 5) is 20.8. The molecule has 1 aromatic carbocycles. The average Bonchev–Trinajstić information content (AvgIpc) is 2.92. The molecule has 4 heteroatoms. The predicted molar refractivity (Wildman–Crippen MR) is 89.4 cm³/mol. The molecule has 0 aliphatic rings. The molecule has 4 nitrogen and oxygen atoms in total. The number of imidazole rings is 1. The third-order valence-electron chi connectivity index (χ3n) is 3.89. The van der Waals surface area contributed by atoms with Crippen LogP contribution in [-0.4, -0.2) is 14.4 Å². The molecule has 114 valence electrons. The number of nitrogens with one attached hydrogen (secondary N) is 1. The molecule has 0 atom stereocenters. The summed E-state index contributed by atoms with van der Waals surface area (Å²) >= 11 is 0. The van der Waals surface area contributed by atoms with Gasteiger partial charge in [-0.2, -0.15) is 0 Å². The number of benzene rings is 1. The number of hydrogen-bond acceptors (Lipinski definition) is 2. The highest BCUT2D eigenvalue weighted by atomic mass is 16.1. The van der Waals surface area contributed by atoms with Gasteiger partial charge >= 0.3 is 0 Å². The number of aromatic amines is 1. The predicted octanol–water partition coefficient (Wildman–Crippen LogP) is 3.94. The van der Waals surface area contributed by atoms with E-state index in [4.69, 9.17) is 4.98 Å². The largest absolute Gasteiger partial charge is 0.323 e. The lowest BCUT2D eigenvalue weighted by Gasteiger charge is -2.13. The van der Waals surface area contributed by atoms with Crippen LogP contribution in [0.1, 0.15) is 50.8 Å². The fourth-order valence-electron chi connectivity index (χ4n) is 2.80. The van der Waals surface area contributed by atoms with Gasteiger partial charge in [0.15, 0.2) is 0 Å². The van der Waals surface area contributed by atoms with Crippen LogP contribution in [0.5, 0.6) is 0 Å².